The van der Waals surface area contributed by atoms with E-state index in [-0.39, 0.29) is 5.91 Å². The third-order valence-electron chi connectivity index (χ3n) is 5.77. The molecule has 6 nitrogen and oxygen atoms in total. The Morgan fingerprint density at radius 3 is 2.87 bits per heavy atom. The van der Waals surface area contributed by atoms with Crippen LogP contribution >= 0.6 is 11.8 Å². The maximum Gasteiger partial charge on any atom is 0.238 e. The molecule has 4 rings (SSSR count). The highest BCUT2D eigenvalue weighted by atomic mass is 32.2. The number of anilines is 1. The van der Waals surface area contributed by atoms with Crippen molar-refractivity contribution in [1.29, 1.82) is 5.26 Å². The maximum absolute atomic E-state index is 12.6. The highest BCUT2D eigenvalue weighted by Crippen LogP contribution is 2.34. The predicted octanol–water partition coefficient (Wildman–Crippen LogP) is 4.61. The van der Waals surface area contributed by atoms with E-state index in [1.165, 1.54) is 22.7 Å². The second-order valence-electron chi connectivity index (χ2n) is 7.70. The van der Waals surface area contributed by atoms with Crippen molar-refractivity contribution in [2.75, 3.05) is 37.8 Å². The first-order valence-corrected chi connectivity index (χ1v) is 11.4. The molecule has 7 heteroatoms. The number of hydrogen-bond donors (Lipinski definition) is 2. The molecule has 0 unspecified atom stereocenters. The van der Waals surface area contributed by atoms with Gasteiger partial charge in [0.25, 0.3) is 0 Å². The molecule has 3 aromatic rings. The summed E-state index contributed by atoms with van der Waals surface area (Å²) in [6, 6.07) is 15.9. The van der Waals surface area contributed by atoms with Crippen LogP contribution in [0.1, 0.15) is 24.3 Å². The van der Waals surface area contributed by atoms with Gasteiger partial charge in [-0.2, -0.15) is 5.26 Å². The van der Waals surface area contributed by atoms with Gasteiger partial charge in [0.05, 0.1) is 31.2 Å². The van der Waals surface area contributed by atoms with Crippen LogP contribution in [0, 0.1) is 11.3 Å². The number of carbonyl (C=O) groups is 1. The molecule has 0 saturated carbocycles. The van der Waals surface area contributed by atoms with Crippen molar-refractivity contribution in [1.82, 2.24) is 9.88 Å². The van der Waals surface area contributed by atoms with Crippen LogP contribution in [0.2, 0.25) is 0 Å². The Labute approximate surface area is 186 Å². The minimum Gasteiger partial charge on any atom is -0.497 e. The lowest BCUT2D eigenvalue weighted by Gasteiger charge is -2.31. The smallest absolute Gasteiger partial charge is 0.238 e. The van der Waals surface area contributed by atoms with Crippen LogP contribution in [0.5, 0.6) is 5.75 Å². The van der Waals surface area contributed by atoms with E-state index >= 15 is 0 Å². The molecular weight excluding hydrogens is 408 g/mol. The lowest BCUT2D eigenvalue weighted by Crippen LogP contribution is -2.38. The third kappa shape index (κ3) is 5.04. The summed E-state index contributed by atoms with van der Waals surface area (Å²) in [5.41, 5.74) is 3.24. The fourth-order valence-electron chi connectivity index (χ4n) is 4.19. The molecule has 0 aliphatic carbocycles. The molecular formula is C24H26N4O2S. The van der Waals surface area contributed by atoms with Crippen LogP contribution in [0.25, 0.3) is 10.9 Å². The van der Waals surface area contributed by atoms with E-state index < -0.39 is 0 Å². The molecule has 1 aliphatic heterocycles. The normalized spacial score (nSPS) is 15.0. The number of ether oxygens (including phenoxy) is 1. The molecule has 0 bridgehead atoms. The van der Waals surface area contributed by atoms with Crippen molar-refractivity contribution in [3.8, 4) is 11.8 Å². The number of fused-ring (bicyclic) bond motifs is 1. The van der Waals surface area contributed by atoms with Crippen LogP contribution in [0.4, 0.5) is 5.69 Å². The molecule has 1 saturated heterocycles. The van der Waals surface area contributed by atoms with Crippen molar-refractivity contribution < 1.29 is 9.53 Å². The number of para-hydroxylation sites is 1. The Balaban J connectivity index is 1.34. The number of carbonyl (C=O) groups excluding carboxylic acids is 1. The van der Waals surface area contributed by atoms with E-state index in [0.717, 1.165) is 47.8 Å². The highest BCUT2D eigenvalue weighted by Gasteiger charge is 2.24. The number of amides is 1. The monoisotopic (exact) mass is 434 g/mol. The lowest BCUT2D eigenvalue weighted by molar-refractivity contribution is -0.117. The standard InChI is InChI=1S/C24H26N4O2S/c1-30-18-6-7-21-19(14-18)20(15-26-21)17-8-11-28(12-9-17)16-24(29)27-22-4-2-3-5-23(22)31-13-10-25/h2-7,14-15,17,26H,8-9,11-13,16H2,1H3,(H,27,29). The number of rotatable bonds is 7. The number of thioether (sulfide) groups is 1. The van der Waals surface area contributed by atoms with E-state index in [2.05, 4.69) is 39.6 Å². The Morgan fingerprint density at radius 1 is 1.29 bits per heavy atom. The van der Waals surface area contributed by atoms with Gasteiger partial charge in [-0.1, -0.05) is 12.1 Å². The summed E-state index contributed by atoms with van der Waals surface area (Å²) < 4.78 is 5.39. The van der Waals surface area contributed by atoms with Gasteiger partial charge in [0.1, 0.15) is 5.75 Å². The van der Waals surface area contributed by atoms with Gasteiger partial charge < -0.3 is 15.0 Å². The van der Waals surface area contributed by atoms with Crippen molar-refractivity contribution >= 4 is 34.3 Å². The van der Waals surface area contributed by atoms with Gasteiger partial charge in [-0.15, -0.1) is 11.8 Å². The first-order chi connectivity index (χ1) is 15.2. The second kappa shape index (κ2) is 9.90. The molecule has 1 amide bonds. The highest BCUT2D eigenvalue weighted by molar-refractivity contribution is 7.99. The number of nitrogens with zero attached hydrogens (tertiary/aromatic N) is 2. The number of likely N-dealkylation sites (tertiary alicyclic amines) is 1. The molecule has 2 N–H and O–H groups in total. The summed E-state index contributed by atoms with van der Waals surface area (Å²) in [4.78, 5) is 19.1. The van der Waals surface area contributed by atoms with Gasteiger partial charge in [0, 0.05) is 22.0 Å². The zero-order chi connectivity index (χ0) is 21.6. The Hall–Kier alpha value is -2.95. The van der Waals surface area contributed by atoms with Gasteiger partial charge >= 0.3 is 0 Å². The summed E-state index contributed by atoms with van der Waals surface area (Å²) in [7, 11) is 1.69. The zero-order valence-corrected chi connectivity index (χ0v) is 18.4. The van der Waals surface area contributed by atoms with Crippen LogP contribution in [-0.4, -0.2) is 48.3 Å². The number of H-pyrrole nitrogens is 1. The van der Waals surface area contributed by atoms with Crippen molar-refractivity contribution in [2.45, 2.75) is 23.7 Å². The van der Waals surface area contributed by atoms with Crippen LogP contribution in [0.3, 0.4) is 0 Å². The minimum atomic E-state index is -0.0136. The molecule has 0 spiro atoms. The van der Waals surface area contributed by atoms with E-state index in [1.54, 1.807) is 7.11 Å². The van der Waals surface area contributed by atoms with E-state index in [9.17, 15) is 4.79 Å². The number of hydrogen-bond acceptors (Lipinski definition) is 5. The van der Waals surface area contributed by atoms with E-state index in [0.29, 0.717) is 18.2 Å². The van der Waals surface area contributed by atoms with Gasteiger partial charge in [-0.3, -0.25) is 9.69 Å². The van der Waals surface area contributed by atoms with Crippen LogP contribution < -0.4 is 10.1 Å². The molecule has 0 atom stereocenters. The molecule has 2 heterocycles. The third-order valence-corrected chi connectivity index (χ3v) is 6.71. The van der Waals surface area contributed by atoms with Gasteiger partial charge in [-0.25, -0.2) is 0 Å². The summed E-state index contributed by atoms with van der Waals surface area (Å²) in [5.74, 6) is 1.69. The summed E-state index contributed by atoms with van der Waals surface area (Å²) >= 11 is 1.44. The zero-order valence-electron chi connectivity index (χ0n) is 17.6. The molecule has 1 aromatic heterocycles. The number of piperidine rings is 1. The number of aromatic amines is 1. The summed E-state index contributed by atoms with van der Waals surface area (Å²) in [6.07, 6.45) is 4.16. The Morgan fingerprint density at radius 2 is 2.10 bits per heavy atom. The molecule has 31 heavy (non-hydrogen) atoms. The summed E-state index contributed by atoms with van der Waals surface area (Å²) in [6.45, 7) is 2.16. The topological polar surface area (TPSA) is 81.2 Å². The molecule has 1 fully saturated rings. The van der Waals surface area contributed by atoms with E-state index in [1.807, 2.05) is 30.3 Å². The van der Waals surface area contributed by atoms with Gasteiger partial charge in [0.15, 0.2) is 0 Å². The van der Waals surface area contributed by atoms with Gasteiger partial charge in [-0.05, 0) is 67.7 Å². The first-order valence-electron chi connectivity index (χ1n) is 10.4. The van der Waals surface area contributed by atoms with Crippen molar-refractivity contribution in [2.24, 2.45) is 0 Å². The first kappa shape index (κ1) is 21.3. The Kier molecular flexibility index (Phi) is 6.80. The molecule has 1 aliphatic rings. The maximum atomic E-state index is 12.6. The molecule has 160 valence electrons. The minimum absolute atomic E-state index is 0.0136. The fourth-order valence-corrected chi connectivity index (χ4v) is 4.86. The van der Waals surface area contributed by atoms with Crippen LogP contribution in [-0.2, 0) is 4.79 Å². The number of methoxy groups -OCH3 is 1. The average Bonchev–Trinajstić information content (AvgIpc) is 3.22. The van der Waals surface area contributed by atoms with Crippen molar-refractivity contribution in [3.63, 3.8) is 0 Å². The summed E-state index contributed by atoms with van der Waals surface area (Å²) in [5, 5.41) is 13.1. The second-order valence-corrected chi connectivity index (χ2v) is 8.71. The molecule has 0 radical (unpaired) electrons. The number of nitriles is 1. The number of benzene rings is 2. The quantitative estimate of drug-likeness (QED) is 0.531. The number of nitrogens with one attached hydrogen (secondary N) is 2. The van der Waals surface area contributed by atoms with Crippen LogP contribution in [0.15, 0.2) is 53.6 Å². The predicted molar refractivity (Wildman–Crippen MR) is 125 cm³/mol. The van der Waals surface area contributed by atoms with Gasteiger partial charge in [0.2, 0.25) is 5.91 Å². The number of aromatic nitrogens is 1. The molecule has 2 aromatic carbocycles. The Bertz CT molecular complexity index is 1100. The lowest BCUT2D eigenvalue weighted by atomic mass is 9.89. The average molecular weight is 435 g/mol. The van der Waals surface area contributed by atoms with E-state index in [4.69, 9.17) is 10.00 Å². The SMILES string of the molecule is COc1ccc2[nH]cc(C3CCN(CC(=O)Nc4ccccc4SCC#N)CC3)c2c1. The largest absolute Gasteiger partial charge is 0.497 e. The fraction of sp³-hybridized carbons (Fsp3) is 0.333. The van der Waals surface area contributed by atoms with Crippen molar-refractivity contribution in [3.05, 3.63) is 54.2 Å².